The highest BCUT2D eigenvalue weighted by Crippen LogP contribution is 2.27. The minimum atomic E-state index is 0.257. The van der Waals surface area contributed by atoms with Crippen molar-refractivity contribution in [2.75, 3.05) is 13.1 Å². The van der Waals surface area contributed by atoms with Gasteiger partial charge in [0.25, 0.3) is 0 Å². The zero-order valence-electron chi connectivity index (χ0n) is 9.43. The first-order chi connectivity index (χ1) is 7.34. The molecule has 2 rings (SSSR count). The van der Waals surface area contributed by atoms with Crippen LogP contribution < -0.4 is 10.6 Å². The molecule has 2 N–H and O–H groups in total. The summed E-state index contributed by atoms with van der Waals surface area (Å²) in [6.07, 6.45) is 8.68. The molecule has 1 heterocycles. The van der Waals surface area contributed by atoms with E-state index in [1.807, 2.05) is 0 Å². The van der Waals surface area contributed by atoms with Crippen LogP contribution in [0.5, 0.6) is 0 Å². The van der Waals surface area contributed by atoms with Crippen LogP contribution in [0, 0.1) is 5.92 Å². The van der Waals surface area contributed by atoms with Crippen molar-refractivity contribution in [1.29, 1.82) is 0 Å². The van der Waals surface area contributed by atoms with Crippen molar-refractivity contribution in [3.05, 3.63) is 0 Å². The van der Waals surface area contributed by atoms with E-state index in [-0.39, 0.29) is 5.91 Å². The summed E-state index contributed by atoms with van der Waals surface area (Å²) in [5.41, 5.74) is 0. The summed E-state index contributed by atoms with van der Waals surface area (Å²) < 4.78 is 0. The Bertz CT molecular complexity index is 208. The number of carbonyl (C=O) groups is 1. The first kappa shape index (κ1) is 10.9. The van der Waals surface area contributed by atoms with E-state index in [2.05, 4.69) is 10.6 Å². The van der Waals surface area contributed by atoms with Crippen LogP contribution in [0.1, 0.15) is 44.9 Å². The number of hydrogen-bond acceptors (Lipinski definition) is 2. The molecule has 0 aromatic carbocycles. The molecule has 1 saturated heterocycles. The summed E-state index contributed by atoms with van der Waals surface area (Å²) in [4.78, 5) is 11.6. The third-order valence-electron chi connectivity index (χ3n) is 3.65. The topological polar surface area (TPSA) is 41.1 Å². The molecule has 15 heavy (non-hydrogen) atoms. The molecule has 2 aliphatic rings. The Morgan fingerprint density at radius 2 is 1.93 bits per heavy atom. The van der Waals surface area contributed by atoms with Crippen molar-refractivity contribution < 1.29 is 4.79 Å². The van der Waals surface area contributed by atoms with Gasteiger partial charge < -0.3 is 10.6 Å². The molecule has 86 valence electrons. The minimum Gasteiger partial charge on any atom is -0.351 e. The van der Waals surface area contributed by atoms with Gasteiger partial charge in [-0.15, -0.1) is 0 Å². The van der Waals surface area contributed by atoms with E-state index in [4.69, 9.17) is 0 Å². The third kappa shape index (κ3) is 3.49. The van der Waals surface area contributed by atoms with Gasteiger partial charge in [0, 0.05) is 19.5 Å². The molecule has 0 aromatic rings. The number of hydrogen-bond donors (Lipinski definition) is 2. The second-order valence-electron chi connectivity index (χ2n) is 4.97. The molecule has 3 nitrogen and oxygen atoms in total. The predicted molar refractivity (Wildman–Crippen MR) is 60.6 cm³/mol. The molecule has 2 fully saturated rings. The molecule has 1 amide bonds. The molecular weight excluding hydrogens is 188 g/mol. The van der Waals surface area contributed by atoms with E-state index in [9.17, 15) is 4.79 Å². The van der Waals surface area contributed by atoms with E-state index < -0.39 is 0 Å². The van der Waals surface area contributed by atoms with E-state index in [0.717, 1.165) is 31.8 Å². The van der Waals surface area contributed by atoms with Crippen LogP contribution in [0.3, 0.4) is 0 Å². The van der Waals surface area contributed by atoms with Crippen LogP contribution in [-0.2, 0) is 4.79 Å². The Morgan fingerprint density at radius 1 is 1.20 bits per heavy atom. The predicted octanol–water partition coefficient (Wildman–Crippen LogP) is 1.43. The largest absolute Gasteiger partial charge is 0.351 e. The Hall–Kier alpha value is -0.570. The highest BCUT2D eigenvalue weighted by atomic mass is 16.1. The molecule has 0 radical (unpaired) electrons. The minimum absolute atomic E-state index is 0.257. The third-order valence-corrected chi connectivity index (χ3v) is 3.65. The molecule has 1 saturated carbocycles. The van der Waals surface area contributed by atoms with Gasteiger partial charge in [-0.1, -0.05) is 32.1 Å². The van der Waals surface area contributed by atoms with Gasteiger partial charge in [0.2, 0.25) is 5.91 Å². The summed E-state index contributed by atoms with van der Waals surface area (Å²) in [7, 11) is 0. The average Bonchev–Trinajstić information content (AvgIpc) is 2.22. The van der Waals surface area contributed by atoms with Crippen LogP contribution in [-0.4, -0.2) is 25.0 Å². The maximum atomic E-state index is 11.6. The van der Waals surface area contributed by atoms with E-state index >= 15 is 0 Å². The lowest BCUT2D eigenvalue weighted by atomic mass is 9.86. The molecule has 1 aliphatic heterocycles. The molecule has 0 spiro atoms. The van der Waals surface area contributed by atoms with Crippen LogP contribution in [0.25, 0.3) is 0 Å². The summed E-state index contributed by atoms with van der Waals surface area (Å²) in [6, 6.07) is 0.406. The standard InChI is InChI=1S/C12H22N2O/c15-12(14-11-8-13-9-11)7-6-10-4-2-1-3-5-10/h10-11,13H,1-9H2,(H,14,15). The highest BCUT2D eigenvalue weighted by Gasteiger charge is 2.19. The zero-order chi connectivity index (χ0) is 10.5. The van der Waals surface area contributed by atoms with Gasteiger partial charge in [-0.3, -0.25) is 4.79 Å². The normalized spacial score (nSPS) is 23.5. The molecule has 0 atom stereocenters. The van der Waals surface area contributed by atoms with Crippen LogP contribution >= 0.6 is 0 Å². The van der Waals surface area contributed by atoms with Gasteiger partial charge in [0.1, 0.15) is 0 Å². The lowest BCUT2D eigenvalue weighted by Gasteiger charge is -2.28. The number of rotatable bonds is 4. The quantitative estimate of drug-likeness (QED) is 0.737. The van der Waals surface area contributed by atoms with Crippen LogP contribution in [0.15, 0.2) is 0 Å². The molecule has 3 heteroatoms. The Morgan fingerprint density at radius 3 is 2.53 bits per heavy atom. The van der Waals surface area contributed by atoms with Gasteiger partial charge in [-0.2, -0.15) is 0 Å². The van der Waals surface area contributed by atoms with Crippen molar-refractivity contribution in [1.82, 2.24) is 10.6 Å². The molecular formula is C12H22N2O. The fourth-order valence-electron chi connectivity index (χ4n) is 2.50. The number of amides is 1. The Kier molecular flexibility index (Phi) is 4.01. The van der Waals surface area contributed by atoms with Gasteiger partial charge in [0.05, 0.1) is 6.04 Å². The maximum Gasteiger partial charge on any atom is 0.220 e. The fourth-order valence-corrected chi connectivity index (χ4v) is 2.50. The number of carbonyl (C=O) groups excluding carboxylic acids is 1. The average molecular weight is 210 g/mol. The summed E-state index contributed by atoms with van der Waals surface area (Å²) in [6.45, 7) is 1.91. The lowest BCUT2D eigenvalue weighted by molar-refractivity contribution is -0.122. The van der Waals surface area contributed by atoms with E-state index in [1.54, 1.807) is 0 Å². The first-order valence-corrected chi connectivity index (χ1v) is 6.34. The van der Waals surface area contributed by atoms with Gasteiger partial charge >= 0.3 is 0 Å². The first-order valence-electron chi connectivity index (χ1n) is 6.34. The second kappa shape index (κ2) is 5.50. The van der Waals surface area contributed by atoms with Crippen molar-refractivity contribution in [2.24, 2.45) is 5.92 Å². The molecule has 0 bridgehead atoms. The number of nitrogens with one attached hydrogen (secondary N) is 2. The lowest BCUT2D eigenvalue weighted by Crippen LogP contribution is -2.56. The summed E-state index contributed by atoms with van der Waals surface area (Å²) in [5, 5.41) is 6.21. The maximum absolute atomic E-state index is 11.6. The smallest absolute Gasteiger partial charge is 0.220 e. The van der Waals surface area contributed by atoms with Crippen LogP contribution in [0.4, 0.5) is 0 Å². The summed E-state index contributed by atoms with van der Waals surface area (Å²) >= 11 is 0. The van der Waals surface area contributed by atoms with Gasteiger partial charge in [-0.25, -0.2) is 0 Å². The molecule has 0 unspecified atom stereocenters. The molecule has 1 aliphatic carbocycles. The van der Waals surface area contributed by atoms with Gasteiger partial charge in [-0.05, 0) is 12.3 Å². The van der Waals surface area contributed by atoms with Crippen molar-refractivity contribution >= 4 is 5.91 Å². The van der Waals surface area contributed by atoms with Gasteiger partial charge in [0.15, 0.2) is 0 Å². The van der Waals surface area contributed by atoms with E-state index in [1.165, 1.54) is 32.1 Å². The molecule has 0 aromatic heterocycles. The second-order valence-corrected chi connectivity index (χ2v) is 4.97. The van der Waals surface area contributed by atoms with Crippen LogP contribution in [0.2, 0.25) is 0 Å². The Labute approximate surface area is 92.0 Å². The van der Waals surface area contributed by atoms with Crippen molar-refractivity contribution in [3.63, 3.8) is 0 Å². The van der Waals surface area contributed by atoms with Crippen molar-refractivity contribution in [3.8, 4) is 0 Å². The SMILES string of the molecule is O=C(CCC1CCCCC1)NC1CNC1. The zero-order valence-corrected chi connectivity index (χ0v) is 9.43. The van der Waals surface area contributed by atoms with E-state index in [0.29, 0.717) is 6.04 Å². The monoisotopic (exact) mass is 210 g/mol. The fraction of sp³-hybridized carbons (Fsp3) is 0.917. The highest BCUT2D eigenvalue weighted by molar-refractivity contribution is 5.76. The van der Waals surface area contributed by atoms with Crippen molar-refractivity contribution in [2.45, 2.75) is 51.0 Å². The summed E-state index contributed by atoms with van der Waals surface area (Å²) in [5.74, 6) is 1.08. The Balaban J connectivity index is 1.57.